The molecule has 10 nitrogen and oxygen atoms in total. The summed E-state index contributed by atoms with van der Waals surface area (Å²) in [5.41, 5.74) is 1.18. The Morgan fingerprint density at radius 3 is 2.63 bits per heavy atom. The van der Waals surface area contributed by atoms with Crippen LogP contribution >= 0.6 is 0 Å². The van der Waals surface area contributed by atoms with Crippen LogP contribution in [-0.4, -0.2) is 70.9 Å². The van der Waals surface area contributed by atoms with Crippen molar-refractivity contribution in [3.8, 4) is 0 Å². The number of β-amino-alcohol motifs (C(OH)–C–C–N with tert-alkyl or cyclic N) is 1. The molecule has 1 saturated heterocycles. The summed E-state index contributed by atoms with van der Waals surface area (Å²) in [7, 11) is -3.88. The molecule has 1 aromatic carbocycles. The molecule has 1 aliphatic heterocycles. The van der Waals surface area contributed by atoms with Gasteiger partial charge < -0.3 is 15.7 Å². The van der Waals surface area contributed by atoms with E-state index in [2.05, 4.69) is 20.6 Å². The van der Waals surface area contributed by atoms with Gasteiger partial charge in [0, 0.05) is 36.4 Å². The molecule has 3 aromatic rings. The van der Waals surface area contributed by atoms with Crippen LogP contribution in [0.2, 0.25) is 0 Å². The number of carbonyl (C=O) groups excluding carboxylic acids is 2. The summed E-state index contributed by atoms with van der Waals surface area (Å²) in [6.45, 7) is 3.94. The van der Waals surface area contributed by atoms with Gasteiger partial charge in [0.2, 0.25) is 5.91 Å². The van der Waals surface area contributed by atoms with Crippen molar-refractivity contribution < 1.29 is 23.1 Å². The first-order valence-electron chi connectivity index (χ1n) is 12.7. The van der Waals surface area contributed by atoms with Gasteiger partial charge in [0.1, 0.15) is 6.04 Å². The number of sulfonamides is 1. The molecule has 11 heteroatoms. The smallest absolute Gasteiger partial charge is 0.260 e. The maximum absolute atomic E-state index is 13.3. The number of nitrogens with one attached hydrogen (secondary N) is 2. The Hall–Kier alpha value is -3.41. The van der Waals surface area contributed by atoms with E-state index in [-0.39, 0.29) is 29.9 Å². The van der Waals surface area contributed by atoms with Crippen LogP contribution in [0.15, 0.2) is 66.0 Å². The molecule has 202 valence electrons. The molecule has 3 heterocycles. The van der Waals surface area contributed by atoms with E-state index in [1.54, 1.807) is 42.6 Å². The maximum Gasteiger partial charge on any atom is 0.260 e. The van der Waals surface area contributed by atoms with Gasteiger partial charge in [-0.3, -0.25) is 14.6 Å². The maximum atomic E-state index is 13.3. The Morgan fingerprint density at radius 1 is 1.11 bits per heavy atom. The molecule has 0 spiro atoms. The topological polar surface area (TPSA) is 142 Å². The predicted molar refractivity (Wildman–Crippen MR) is 143 cm³/mol. The van der Waals surface area contributed by atoms with Crippen LogP contribution in [0, 0.1) is 5.92 Å². The van der Waals surface area contributed by atoms with E-state index in [0.29, 0.717) is 24.8 Å². The standard InChI is InChI=1S/C27H33N5O5S/c1-18(2)15-23(31-26(34)20-10-11-21-19(16-20)7-5-13-28-21)27(35)30-22-8-6-14-32(17-24(22)33)38(36,37)25-9-3-4-12-29-25/h3-5,7,9-13,16,18,22-24,33H,6,8,14-15,17H2,1-2H3,(H,30,35)(H,31,34)/t22?,23?,24-/m0/s1. The number of fused-ring (bicyclic) bond motifs is 1. The number of aliphatic hydroxyl groups is 1. The van der Waals surface area contributed by atoms with E-state index >= 15 is 0 Å². The Kier molecular flexibility index (Phi) is 8.70. The summed E-state index contributed by atoms with van der Waals surface area (Å²) < 4.78 is 27.2. The van der Waals surface area contributed by atoms with E-state index in [9.17, 15) is 23.1 Å². The van der Waals surface area contributed by atoms with Gasteiger partial charge in [-0.25, -0.2) is 13.4 Å². The lowest BCUT2D eigenvalue weighted by molar-refractivity contribution is -0.125. The zero-order valence-corrected chi connectivity index (χ0v) is 22.3. The van der Waals surface area contributed by atoms with Crippen molar-refractivity contribution in [1.82, 2.24) is 24.9 Å². The number of hydrogen-bond donors (Lipinski definition) is 3. The van der Waals surface area contributed by atoms with Crippen LogP contribution in [0.25, 0.3) is 10.9 Å². The lowest BCUT2D eigenvalue weighted by Crippen LogP contribution is -2.54. The van der Waals surface area contributed by atoms with Crippen molar-refractivity contribution in [2.45, 2.75) is 56.3 Å². The third kappa shape index (κ3) is 6.53. The van der Waals surface area contributed by atoms with Crippen LogP contribution in [0.5, 0.6) is 0 Å². The first-order chi connectivity index (χ1) is 18.1. The van der Waals surface area contributed by atoms with Gasteiger partial charge >= 0.3 is 0 Å². The lowest BCUT2D eigenvalue weighted by Gasteiger charge is -2.27. The van der Waals surface area contributed by atoms with Gasteiger partial charge in [0.05, 0.1) is 17.7 Å². The number of hydrogen-bond acceptors (Lipinski definition) is 7. The Bertz CT molecular complexity index is 1380. The van der Waals surface area contributed by atoms with Gasteiger partial charge in [-0.15, -0.1) is 0 Å². The fourth-order valence-electron chi connectivity index (χ4n) is 4.57. The number of carbonyl (C=O) groups is 2. The summed E-state index contributed by atoms with van der Waals surface area (Å²) in [5.74, 6) is -0.685. The number of amides is 2. The minimum Gasteiger partial charge on any atom is -0.390 e. The average Bonchev–Trinajstić information content (AvgIpc) is 3.09. The molecule has 2 amide bonds. The second-order valence-electron chi connectivity index (χ2n) is 9.92. The number of nitrogens with zero attached hydrogens (tertiary/aromatic N) is 3. The summed E-state index contributed by atoms with van der Waals surface area (Å²) in [6.07, 6.45) is 3.20. The van der Waals surface area contributed by atoms with Gasteiger partial charge in [0.15, 0.2) is 5.03 Å². The molecule has 1 fully saturated rings. The minimum absolute atomic E-state index is 0.0844. The minimum atomic E-state index is -3.88. The first-order valence-corrected chi connectivity index (χ1v) is 14.1. The third-order valence-electron chi connectivity index (χ3n) is 6.54. The molecule has 2 unspecified atom stereocenters. The SMILES string of the molecule is CC(C)CC(NC(=O)c1ccc2ncccc2c1)C(=O)NC1CCCN(S(=O)(=O)c2ccccn2)C[C@@H]1O. The number of benzene rings is 1. The van der Waals surface area contributed by atoms with E-state index in [1.807, 2.05) is 19.9 Å². The van der Waals surface area contributed by atoms with Gasteiger partial charge in [0.25, 0.3) is 15.9 Å². The second kappa shape index (κ2) is 12.0. The van der Waals surface area contributed by atoms with Crippen molar-refractivity contribution >= 4 is 32.7 Å². The molecule has 0 aliphatic carbocycles. The molecule has 0 radical (unpaired) electrons. The molecule has 0 bridgehead atoms. The number of aliphatic hydroxyl groups excluding tert-OH is 1. The highest BCUT2D eigenvalue weighted by Crippen LogP contribution is 2.20. The van der Waals surface area contributed by atoms with Gasteiger partial charge in [-0.2, -0.15) is 4.31 Å². The van der Waals surface area contributed by atoms with Crippen LogP contribution in [0.4, 0.5) is 0 Å². The molecule has 4 rings (SSSR count). The molecule has 38 heavy (non-hydrogen) atoms. The van der Waals surface area contributed by atoms with Gasteiger partial charge in [-0.1, -0.05) is 26.0 Å². The zero-order chi connectivity index (χ0) is 27.3. The van der Waals surface area contributed by atoms with E-state index in [4.69, 9.17) is 0 Å². The van der Waals surface area contributed by atoms with E-state index < -0.39 is 34.1 Å². The fraction of sp³-hybridized carbons (Fsp3) is 0.407. The van der Waals surface area contributed by atoms with Crippen molar-refractivity contribution in [2.24, 2.45) is 5.92 Å². The molecule has 0 saturated carbocycles. The normalized spacial score (nSPS) is 19.6. The number of rotatable bonds is 8. The van der Waals surface area contributed by atoms with Crippen molar-refractivity contribution in [3.05, 3.63) is 66.5 Å². The highest BCUT2D eigenvalue weighted by Gasteiger charge is 2.35. The third-order valence-corrected chi connectivity index (χ3v) is 8.32. The van der Waals surface area contributed by atoms with E-state index in [1.165, 1.54) is 16.6 Å². The number of aromatic nitrogens is 2. The van der Waals surface area contributed by atoms with Crippen LogP contribution in [0.1, 0.15) is 43.5 Å². The van der Waals surface area contributed by atoms with Crippen molar-refractivity contribution in [3.63, 3.8) is 0 Å². The van der Waals surface area contributed by atoms with Crippen LogP contribution < -0.4 is 10.6 Å². The second-order valence-corrected chi connectivity index (χ2v) is 11.8. The predicted octanol–water partition coefficient (Wildman–Crippen LogP) is 2.10. The summed E-state index contributed by atoms with van der Waals surface area (Å²) >= 11 is 0. The first kappa shape index (κ1) is 27.6. The highest BCUT2D eigenvalue weighted by atomic mass is 32.2. The summed E-state index contributed by atoms with van der Waals surface area (Å²) in [5, 5.41) is 17.3. The monoisotopic (exact) mass is 539 g/mol. The highest BCUT2D eigenvalue weighted by molar-refractivity contribution is 7.89. The van der Waals surface area contributed by atoms with Crippen molar-refractivity contribution in [2.75, 3.05) is 13.1 Å². The number of pyridine rings is 2. The lowest BCUT2D eigenvalue weighted by atomic mass is 10.0. The van der Waals surface area contributed by atoms with Gasteiger partial charge in [-0.05, 0) is 61.6 Å². The van der Waals surface area contributed by atoms with Crippen LogP contribution in [-0.2, 0) is 14.8 Å². The molecule has 3 atom stereocenters. The Labute approximate surface area is 222 Å². The molecule has 1 aliphatic rings. The largest absolute Gasteiger partial charge is 0.390 e. The fourth-order valence-corrected chi connectivity index (χ4v) is 6.00. The summed E-state index contributed by atoms with van der Waals surface area (Å²) in [6, 6.07) is 12.0. The van der Waals surface area contributed by atoms with Crippen molar-refractivity contribution in [1.29, 1.82) is 0 Å². The molecular weight excluding hydrogens is 506 g/mol. The Morgan fingerprint density at radius 2 is 1.89 bits per heavy atom. The molecule has 2 aromatic heterocycles. The summed E-state index contributed by atoms with van der Waals surface area (Å²) in [4.78, 5) is 34.5. The molecular formula is C27H33N5O5S. The van der Waals surface area contributed by atoms with Crippen LogP contribution in [0.3, 0.4) is 0 Å². The van der Waals surface area contributed by atoms with E-state index in [0.717, 1.165) is 10.9 Å². The Balaban J connectivity index is 1.44. The zero-order valence-electron chi connectivity index (χ0n) is 21.4. The quantitative estimate of drug-likeness (QED) is 0.398. The molecule has 3 N–H and O–H groups in total. The average molecular weight is 540 g/mol.